The predicted molar refractivity (Wildman–Crippen MR) is 64.0 cm³/mol. The van der Waals surface area contributed by atoms with Gasteiger partial charge in [-0.1, -0.05) is 12.1 Å². The molecule has 90 valence electrons. The van der Waals surface area contributed by atoms with Crippen LogP contribution < -0.4 is 5.32 Å². The van der Waals surface area contributed by atoms with Crippen LogP contribution in [-0.2, 0) is 11.3 Å². The van der Waals surface area contributed by atoms with Crippen LogP contribution in [0, 0.1) is 5.82 Å². The second-order valence-corrected chi connectivity index (χ2v) is 3.41. The molecule has 0 radical (unpaired) electrons. The van der Waals surface area contributed by atoms with Crippen molar-refractivity contribution in [3.63, 3.8) is 0 Å². The Hall–Kier alpha value is -1.13. The van der Waals surface area contributed by atoms with Gasteiger partial charge in [0, 0.05) is 13.6 Å². The zero-order valence-electron chi connectivity index (χ0n) is 9.37. The fourth-order valence-electron chi connectivity index (χ4n) is 1.24. The highest BCUT2D eigenvalue weighted by atomic mass is 35.5. The van der Waals surface area contributed by atoms with Gasteiger partial charge in [-0.15, -0.1) is 12.4 Å². The van der Waals surface area contributed by atoms with Crippen molar-refractivity contribution in [2.24, 2.45) is 0 Å². The number of halogens is 2. The first-order valence-electron chi connectivity index (χ1n) is 4.76. The molecule has 0 aliphatic carbocycles. The summed E-state index contributed by atoms with van der Waals surface area (Å²) in [5.41, 5.74) is 0.920. The first kappa shape index (κ1) is 14.9. The van der Waals surface area contributed by atoms with Crippen LogP contribution in [0.25, 0.3) is 0 Å². The van der Waals surface area contributed by atoms with E-state index in [1.165, 1.54) is 12.1 Å². The number of likely N-dealkylation sites (N-methyl/N-ethyl adjacent to an activating group) is 2. The van der Waals surface area contributed by atoms with Gasteiger partial charge in [-0.05, 0) is 24.7 Å². The summed E-state index contributed by atoms with van der Waals surface area (Å²) in [6, 6.07) is 6.15. The molecule has 1 amide bonds. The Bertz CT molecular complexity index is 329. The number of benzene rings is 1. The minimum atomic E-state index is -0.261. The Morgan fingerprint density at radius 1 is 1.38 bits per heavy atom. The second kappa shape index (κ2) is 7.19. The Kier molecular flexibility index (Phi) is 6.69. The molecule has 0 aliphatic rings. The summed E-state index contributed by atoms with van der Waals surface area (Å²) < 4.78 is 12.6. The highest BCUT2D eigenvalue weighted by Crippen LogP contribution is 2.05. The lowest BCUT2D eigenvalue weighted by Crippen LogP contribution is -2.33. The molecule has 16 heavy (non-hydrogen) atoms. The molecule has 0 aromatic heterocycles. The van der Waals surface area contributed by atoms with E-state index in [0.717, 1.165) is 5.56 Å². The lowest BCUT2D eigenvalue weighted by molar-refractivity contribution is -0.129. The number of nitrogens with one attached hydrogen (secondary N) is 1. The molecule has 0 saturated heterocycles. The average molecular weight is 247 g/mol. The number of amides is 1. The van der Waals surface area contributed by atoms with Gasteiger partial charge in [-0.3, -0.25) is 4.79 Å². The molecule has 5 heteroatoms. The molecule has 0 atom stereocenters. The lowest BCUT2D eigenvalue weighted by Gasteiger charge is -2.16. The number of hydrogen-bond acceptors (Lipinski definition) is 2. The van der Waals surface area contributed by atoms with Crippen molar-refractivity contribution in [1.29, 1.82) is 0 Å². The predicted octanol–water partition coefficient (Wildman–Crippen LogP) is 1.43. The van der Waals surface area contributed by atoms with Gasteiger partial charge in [0.05, 0.1) is 6.54 Å². The maximum Gasteiger partial charge on any atom is 0.236 e. The molecule has 0 spiro atoms. The summed E-state index contributed by atoms with van der Waals surface area (Å²) in [7, 11) is 3.45. The van der Waals surface area contributed by atoms with Crippen LogP contribution in [0.1, 0.15) is 5.56 Å². The van der Waals surface area contributed by atoms with Crippen LogP contribution in [0.3, 0.4) is 0 Å². The Morgan fingerprint density at radius 2 is 1.94 bits per heavy atom. The van der Waals surface area contributed by atoms with Gasteiger partial charge in [0.1, 0.15) is 5.82 Å². The van der Waals surface area contributed by atoms with Crippen LogP contribution in [0.15, 0.2) is 24.3 Å². The molecular formula is C11H16ClFN2O. The third kappa shape index (κ3) is 4.59. The molecule has 0 fully saturated rings. The van der Waals surface area contributed by atoms with Gasteiger partial charge in [-0.25, -0.2) is 4.39 Å². The van der Waals surface area contributed by atoms with E-state index in [9.17, 15) is 9.18 Å². The zero-order valence-corrected chi connectivity index (χ0v) is 10.2. The molecule has 0 heterocycles. The van der Waals surface area contributed by atoms with Gasteiger partial charge >= 0.3 is 0 Å². The quantitative estimate of drug-likeness (QED) is 0.872. The van der Waals surface area contributed by atoms with Crippen molar-refractivity contribution < 1.29 is 9.18 Å². The summed E-state index contributed by atoms with van der Waals surface area (Å²) in [4.78, 5) is 13.0. The maximum absolute atomic E-state index is 12.6. The van der Waals surface area contributed by atoms with Gasteiger partial charge in [0.2, 0.25) is 5.91 Å². The molecular weight excluding hydrogens is 231 g/mol. The van der Waals surface area contributed by atoms with E-state index in [2.05, 4.69) is 5.32 Å². The molecule has 0 saturated carbocycles. The van der Waals surface area contributed by atoms with Crippen molar-refractivity contribution in [3.05, 3.63) is 35.6 Å². The summed E-state index contributed by atoms with van der Waals surface area (Å²) in [5, 5.41) is 2.79. The standard InChI is InChI=1S/C11H15FN2O.ClH/c1-13-7-11(15)14(2)8-9-3-5-10(12)6-4-9;/h3-6,13H,7-8H2,1-2H3;1H. The van der Waals surface area contributed by atoms with E-state index < -0.39 is 0 Å². The van der Waals surface area contributed by atoms with E-state index >= 15 is 0 Å². The molecule has 3 nitrogen and oxygen atoms in total. The van der Waals surface area contributed by atoms with Crippen LogP contribution in [-0.4, -0.2) is 31.4 Å². The van der Waals surface area contributed by atoms with Gasteiger partial charge in [-0.2, -0.15) is 0 Å². The van der Waals surface area contributed by atoms with Crippen LogP contribution in [0.5, 0.6) is 0 Å². The number of nitrogens with zero attached hydrogens (tertiary/aromatic N) is 1. The first-order valence-corrected chi connectivity index (χ1v) is 4.76. The molecule has 1 N–H and O–H groups in total. The Balaban J connectivity index is 0.00000225. The second-order valence-electron chi connectivity index (χ2n) is 3.41. The lowest BCUT2D eigenvalue weighted by atomic mass is 10.2. The van der Waals surface area contributed by atoms with Crippen molar-refractivity contribution >= 4 is 18.3 Å². The van der Waals surface area contributed by atoms with Crippen molar-refractivity contribution in [2.45, 2.75) is 6.54 Å². The van der Waals surface area contributed by atoms with E-state index in [1.54, 1.807) is 31.1 Å². The van der Waals surface area contributed by atoms with Crippen LogP contribution in [0.2, 0.25) is 0 Å². The van der Waals surface area contributed by atoms with Crippen molar-refractivity contribution in [2.75, 3.05) is 20.6 Å². The molecule has 0 bridgehead atoms. The van der Waals surface area contributed by atoms with Gasteiger partial charge < -0.3 is 10.2 Å². The average Bonchev–Trinajstić information content (AvgIpc) is 2.22. The molecule has 0 aliphatic heterocycles. The molecule has 1 rings (SSSR count). The Morgan fingerprint density at radius 3 is 2.44 bits per heavy atom. The number of hydrogen-bond donors (Lipinski definition) is 1. The topological polar surface area (TPSA) is 32.3 Å². The van der Waals surface area contributed by atoms with Crippen molar-refractivity contribution in [3.8, 4) is 0 Å². The molecule has 1 aromatic rings. The third-order valence-electron chi connectivity index (χ3n) is 2.09. The SMILES string of the molecule is CNCC(=O)N(C)Cc1ccc(F)cc1.Cl. The van der Waals surface area contributed by atoms with E-state index in [0.29, 0.717) is 13.1 Å². The minimum Gasteiger partial charge on any atom is -0.340 e. The number of rotatable bonds is 4. The maximum atomic E-state index is 12.6. The van der Waals surface area contributed by atoms with Gasteiger partial charge in [0.25, 0.3) is 0 Å². The highest BCUT2D eigenvalue weighted by molar-refractivity contribution is 5.85. The van der Waals surface area contributed by atoms with Crippen molar-refractivity contribution in [1.82, 2.24) is 10.2 Å². The minimum absolute atomic E-state index is 0. The number of carbonyl (C=O) groups is 1. The van der Waals surface area contributed by atoms with Crippen LogP contribution >= 0.6 is 12.4 Å². The molecule has 0 unspecified atom stereocenters. The van der Waals surface area contributed by atoms with Crippen LogP contribution in [0.4, 0.5) is 4.39 Å². The summed E-state index contributed by atoms with van der Waals surface area (Å²) in [6.07, 6.45) is 0. The number of carbonyl (C=O) groups excluding carboxylic acids is 1. The Labute approximate surface area is 101 Å². The van der Waals surface area contributed by atoms with Gasteiger partial charge in [0.15, 0.2) is 0 Å². The largest absolute Gasteiger partial charge is 0.340 e. The van der Waals surface area contributed by atoms with E-state index in [4.69, 9.17) is 0 Å². The summed E-state index contributed by atoms with van der Waals surface area (Å²) in [5.74, 6) is -0.246. The normalized spacial score (nSPS) is 9.44. The zero-order chi connectivity index (χ0) is 11.3. The smallest absolute Gasteiger partial charge is 0.236 e. The van der Waals surface area contributed by atoms with E-state index in [-0.39, 0.29) is 24.1 Å². The van der Waals surface area contributed by atoms with E-state index in [1.807, 2.05) is 0 Å². The summed E-state index contributed by atoms with van der Waals surface area (Å²) in [6.45, 7) is 0.818. The fraction of sp³-hybridized carbons (Fsp3) is 0.364. The molecule has 1 aromatic carbocycles. The monoisotopic (exact) mass is 246 g/mol. The first-order chi connectivity index (χ1) is 7.13. The summed E-state index contributed by atoms with van der Waals surface area (Å²) >= 11 is 0. The highest BCUT2D eigenvalue weighted by Gasteiger charge is 2.07. The fourth-order valence-corrected chi connectivity index (χ4v) is 1.24. The third-order valence-corrected chi connectivity index (χ3v) is 2.09.